The number of aromatic nitrogens is 2. The Hall–Kier alpha value is -4.14. The Kier molecular flexibility index (Phi) is 5.28. The summed E-state index contributed by atoms with van der Waals surface area (Å²) >= 11 is 6.96. The van der Waals surface area contributed by atoms with E-state index >= 15 is 0 Å². The molecule has 0 aliphatic carbocycles. The van der Waals surface area contributed by atoms with Crippen molar-refractivity contribution in [2.75, 3.05) is 4.90 Å². The Labute approximate surface area is 212 Å². The monoisotopic (exact) mass is 515 g/mol. The summed E-state index contributed by atoms with van der Waals surface area (Å²) in [6.45, 7) is 0. The molecule has 1 aliphatic heterocycles. The molecule has 176 valence electrons. The standard InChI is InChI=1S/C27H15ClFN3O3S/c28-18-11-20-21(12-19(18)29)36-27(31-20)32-23(17-6-3-9-30-13-17)22(25(34)26(32)35)24(33)16-8-7-14-4-1-2-5-15(14)10-16/h1-13,23,33H/b24-22+. The van der Waals surface area contributed by atoms with Gasteiger partial charge in [-0.15, -0.1) is 0 Å². The zero-order valence-corrected chi connectivity index (χ0v) is 19.9. The minimum atomic E-state index is -0.981. The molecule has 0 bridgehead atoms. The van der Waals surface area contributed by atoms with Crippen LogP contribution in [-0.4, -0.2) is 26.8 Å². The summed E-state index contributed by atoms with van der Waals surface area (Å²) in [5, 5.41) is 13.3. The van der Waals surface area contributed by atoms with Gasteiger partial charge in [0.05, 0.1) is 26.9 Å². The summed E-state index contributed by atoms with van der Waals surface area (Å²) in [5.74, 6) is -2.61. The number of halogens is 2. The van der Waals surface area contributed by atoms with E-state index in [4.69, 9.17) is 11.6 Å². The van der Waals surface area contributed by atoms with Crippen LogP contribution in [0.25, 0.3) is 26.7 Å². The second-order valence-electron chi connectivity index (χ2n) is 8.25. The fourth-order valence-corrected chi connectivity index (χ4v) is 5.55. The molecule has 5 aromatic rings. The molecule has 0 spiro atoms. The largest absolute Gasteiger partial charge is 0.507 e. The molecule has 1 amide bonds. The number of carbonyl (C=O) groups excluding carboxylic acids is 2. The van der Waals surface area contributed by atoms with Crippen molar-refractivity contribution in [3.63, 3.8) is 0 Å². The third-order valence-electron chi connectivity index (χ3n) is 6.09. The minimum Gasteiger partial charge on any atom is -0.507 e. The van der Waals surface area contributed by atoms with Crippen molar-refractivity contribution >= 4 is 66.5 Å². The van der Waals surface area contributed by atoms with Crippen LogP contribution in [0.1, 0.15) is 17.2 Å². The third-order valence-corrected chi connectivity index (χ3v) is 7.40. The topological polar surface area (TPSA) is 83.4 Å². The van der Waals surface area contributed by atoms with E-state index in [-0.39, 0.29) is 21.5 Å². The molecule has 1 atom stereocenters. The average molecular weight is 516 g/mol. The molecular formula is C27H15ClFN3O3S. The molecule has 1 fully saturated rings. The number of aliphatic hydroxyl groups is 1. The molecule has 3 aromatic carbocycles. The van der Waals surface area contributed by atoms with Gasteiger partial charge in [0.1, 0.15) is 11.6 Å². The predicted octanol–water partition coefficient (Wildman–Crippen LogP) is 6.26. The normalized spacial score (nSPS) is 17.4. The molecule has 1 unspecified atom stereocenters. The molecule has 6 nitrogen and oxygen atoms in total. The Bertz CT molecular complexity index is 1700. The lowest BCUT2D eigenvalue weighted by Crippen LogP contribution is -2.29. The molecule has 1 aliphatic rings. The van der Waals surface area contributed by atoms with E-state index < -0.39 is 23.5 Å². The zero-order valence-electron chi connectivity index (χ0n) is 18.4. The summed E-state index contributed by atoms with van der Waals surface area (Å²) in [5.41, 5.74) is 1.23. The summed E-state index contributed by atoms with van der Waals surface area (Å²) in [4.78, 5) is 36.5. The Morgan fingerprint density at radius 2 is 1.83 bits per heavy atom. The summed E-state index contributed by atoms with van der Waals surface area (Å²) in [7, 11) is 0. The fraction of sp³-hybridized carbons (Fsp3) is 0.0370. The van der Waals surface area contributed by atoms with Crippen molar-refractivity contribution in [3.8, 4) is 0 Å². The molecule has 1 saturated heterocycles. The highest BCUT2D eigenvalue weighted by Gasteiger charge is 2.48. The molecular weight excluding hydrogens is 501 g/mol. The first-order chi connectivity index (χ1) is 17.4. The van der Waals surface area contributed by atoms with Gasteiger partial charge >= 0.3 is 5.91 Å². The zero-order chi connectivity index (χ0) is 25.0. The van der Waals surface area contributed by atoms with Crippen LogP contribution in [0.2, 0.25) is 5.02 Å². The lowest BCUT2D eigenvalue weighted by molar-refractivity contribution is -0.132. The molecule has 2 aromatic heterocycles. The van der Waals surface area contributed by atoms with Crippen molar-refractivity contribution in [2.45, 2.75) is 6.04 Å². The van der Waals surface area contributed by atoms with Gasteiger partial charge < -0.3 is 5.11 Å². The van der Waals surface area contributed by atoms with Gasteiger partial charge in [-0.25, -0.2) is 9.37 Å². The minimum absolute atomic E-state index is 0.0771. The molecule has 9 heteroatoms. The summed E-state index contributed by atoms with van der Waals surface area (Å²) < 4.78 is 14.5. The van der Waals surface area contributed by atoms with Crippen LogP contribution in [0.4, 0.5) is 9.52 Å². The van der Waals surface area contributed by atoms with Crippen LogP contribution >= 0.6 is 22.9 Å². The Morgan fingerprint density at radius 1 is 1.03 bits per heavy atom. The van der Waals surface area contributed by atoms with E-state index in [2.05, 4.69) is 9.97 Å². The highest BCUT2D eigenvalue weighted by atomic mass is 35.5. The number of fused-ring (bicyclic) bond motifs is 2. The number of amides is 1. The molecule has 0 saturated carbocycles. The SMILES string of the molecule is O=C1C(=O)N(c2nc3cc(Cl)c(F)cc3s2)C(c2cccnc2)/C1=C(\O)c1ccc2ccccc2c1. The van der Waals surface area contributed by atoms with E-state index in [1.54, 1.807) is 30.5 Å². The van der Waals surface area contributed by atoms with E-state index in [9.17, 15) is 19.1 Å². The maximum absolute atomic E-state index is 14.0. The lowest BCUT2D eigenvalue weighted by atomic mass is 9.95. The van der Waals surface area contributed by atoms with Crippen LogP contribution in [0.3, 0.4) is 0 Å². The quantitative estimate of drug-likeness (QED) is 0.174. The number of hydrogen-bond donors (Lipinski definition) is 1. The third kappa shape index (κ3) is 3.54. The van der Waals surface area contributed by atoms with Gasteiger partial charge in [0, 0.05) is 18.0 Å². The number of rotatable bonds is 3. The lowest BCUT2D eigenvalue weighted by Gasteiger charge is -2.22. The number of nitrogens with zero attached hydrogens (tertiary/aromatic N) is 3. The maximum Gasteiger partial charge on any atom is 0.301 e. The van der Waals surface area contributed by atoms with Gasteiger partial charge in [0.15, 0.2) is 5.13 Å². The number of carbonyl (C=O) groups is 2. The number of anilines is 1. The van der Waals surface area contributed by atoms with Crippen molar-refractivity contribution in [1.29, 1.82) is 0 Å². The highest BCUT2D eigenvalue weighted by molar-refractivity contribution is 7.22. The van der Waals surface area contributed by atoms with E-state index in [0.717, 1.165) is 22.1 Å². The number of hydrogen-bond acceptors (Lipinski definition) is 6. The second-order valence-corrected chi connectivity index (χ2v) is 9.66. The van der Waals surface area contributed by atoms with Crippen LogP contribution in [0.15, 0.2) is 84.7 Å². The Morgan fingerprint density at radius 3 is 2.61 bits per heavy atom. The molecule has 0 radical (unpaired) electrons. The molecule has 3 heterocycles. The van der Waals surface area contributed by atoms with Gasteiger partial charge in [0.2, 0.25) is 0 Å². The van der Waals surface area contributed by atoms with Crippen LogP contribution < -0.4 is 4.90 Å². The van der Waals surface area contributed by atoms with E-state index in [0.29, 0.717) is 21.3 Å². The fourth-order valence-electron chi connectivity index (χ4n) is 4.39. The first kappa shape index (κ1) is 22.3. The number of pyridine rings is 1. The number of benzene rings is 3. The van der Waals surface area contributed by atoms with Gasteiger partial charge in [-0.05, 0) is 40.6 Å². The van der Waals surface area contributed by atoms with Crippen molar-refractivity contribution in [2.24, 2.45) is 0 Å². The van der Waals surface area contributed by atoms with Crippen LogP contribution in [0.5, 0.6) is 0 Å². The van der Waals surface area contributed by atoms with Gasteiger partial charge in [0.25, 0.3) is 5.78 Å². The summed E-state index contributed by atoms with van der Waals surface area (Å²) in [6.07, 6.45) is 3.10. The first-order valence-corrected chi connectivity index (χ1v) is 12.1. The first-order valence-electron chi connectivity index (χ1n) is 10.9. The van der Waals surface area contributed by atoms with Gasteiger partial charge in [-0.1, -0.05) is 65.4 Å². The molecule has 1 N–H and O–H groups in total. The average Bonchev–Trinajstić information content (AvgIpc) is 3.41. The number of Topliss-reactive ketones (excluding diaryl/α,β-unsaturated/α-hetero) is 1. The number of thiazole rings is 1. The highest BCUT2D eigenvalue weighted by Crippen LogP contribution is 2.44. The van der Waals surface area contributed by atoms with E-state index in [1.165, 1.54) is 23.2 Å². The Balaban J connectivity index is 1.56. The van der Waals surface area contributed by atoms with Crippen molar-refractivity contribution in [1.82, 2.24) is 9.97 Å². The molecule has 36 heavy (non-hydrogen) atoms. The van der Waals surface area contributed by atoms with Crippen LogP contribution in [-0.2, 0) is 9.59 Å². The van der Waals surface area contributed by atoms with Crippen molar-refractivity contribution < 1.29 is 19.1 Å². The van der Waals surface area contributed by atoms with Gasteiger partial charge in [-0.2, -0.15) is 0 Å². The number of ketones is 1. The predicted molar refractivity (Wildman–Crippen MR) is 138 cm³/mol. The van der Waals surface area contributed by atoms with E-state index in [1.807, 2.05) is 30.3 Å². The molecule has 6 rings (SSSR count). The van der Waals surface area contributed by atoms with Crippen LogP contribution in [0, 0.1) is 5.82 Å². The second kappa shape index (κ2) is 8.51. The van der Waals surface area contributed by atoms with Gasteiger partial charge in [-0.3, -0.25) is 19.5 Å². The van der Waals surface area contributed by atoms with Crippen molar-refractivity contribution in [3.05, 3.63) is 107 Å². The maximum atomic E-state index is 14.0. The smallest absolute Gasteiger partial charge is 0.301 e. The number of aliphatic hydroxyl groups excluding tert-OH is 1. The summed E-state index contributed by atoms with van der Waals surface area (Å²) in [6, 6.07) is 18.0.